The lowest BCUT2D eigenvalue weighted by molar-refractivity contribution is 0.312. The highest BCUT2D eigenvalue weighted by molar-refractivity contribution is 5.86. The van der Waals surface area contributed by atoms with Gasteiger partial charge < -0.3 is 18.9 Å². The second-order valence-electron chi connectivity index (χ2n) is 9.31. The van der Waals surface area contributed by atoms with E-state index in [2.05, 4.69) is 47.4 Å². The monoisotopic (exact) mass is 492 g/mol. The molecule has 1 atom stereocenters. The van der Waals surface area contributed by atoms with Gasteiger partial charge in [0.05, 0.1) is 19.6 Å². The SMILES string of the molecule is COc1cc2ccn(CC3CCN(CCCc4ccc5ccccc5c4)C3)c(=O)c2cc1OC.Cl. The Kier molecular flexibility index (Phi) is 7.99. The fourth-order valence-corrected chi connectivity index (χ4v) is 5.20. The van der Waals surface area contributed by atoms with E-state index in [9.17, 15) is 4.79 Å². The van der Waals surface area contributed by atoms with Gasteiger partial charge in [0.2, 0.25) is 0 Å². The first-order chi connectivity index (χ1) is 16.6. The van der Waals surface area contributed by atoms with E-state index in [4.69, 9.17) is 9.47 Å². The fourth-order valence-electron chi connectivity index (χ4n) is 5.20. The van der Waals surface area contributed by atoms with Crippen molar-refractivity contribution in [1.29, 1.82) is 0 Å². The number of likely N-dealkylation sites (tertiary alicyclic amines) is 1. The van der Waals surface area contributed by atoms with Gasteiger partial charge in [-0.05, 0) is 78.2 Å². The zero-order valence-corrected chi connectivity index (χ0v) is 21.2. The molecule has 35 heavy (non-hydrogen) atoms. The Bertz CT molecular complexity index is 1370. The fraction of sp³-hybridized carbons (Fsp3) is 0.345. The number of benzene rings is 3. The highest BCUT2D eigenvalue weighted by atomic mass is 35.5. The summed E-state index contributed by atoms with van der Waals surface area (Å²) in [6.45, 7) is 4.01. The summed E-state index contributed by atoms with van der Waals surface area (Å²) in [6, 6.07) is 21.0. The lowest BCUT2D eigenvalue weighted by atomic mass is 10.0. The van der Waals surface area contributed by atoms with E-state index in [1.165, 1.54) is 16.3 Å². The van der Waals surface area contributed by atoms with Gasteiger partial charge in [-0.25, -0.2) is 0 Å². The van der Waals surface area contributed by atoms with Crippen molar-refractivity contribution in [3.8, 4) is 11.5 Å². The minimum absolute atomic E-state index is 0. The number of aryl methyl sites for hydroxylation is 1. The molecule has 1 saturated heterocycles. The molecule has 4 aromatic rings. The molecule has 0 N–H and O–H groups in total. The van der Waals surface area contributed by atoms with Crippen molar-refractivity contribution in [2.24, 2.45) is 5.92 Å². The van der Waals surface area contributed by atoms with Crippen LogP contribution in [-0.2, 0) is 13.0 Å². The van der Waals surface area contributed by atoms with Crippen LogP contribution >= 0.6 is 12.4 Å². The molecule has 1 aliphatic heterocycles. The van der Waals surface area contributed by atoms with Crippen molar-refractivity contribution >= 4 is 34.0 Å². The molecule has 5 nitrogen and oxygen atoms in total. The molecule has 5 rings (SSSR count). The van der Waals surface area contributed by atoms with Crippen molar-refractivity contribution in [2.45, 2.75) is 25.8 Å². The van der Waals surface area contributed by atoms with Crippen LogP contribution in [0.3, 0.4) is 0 Å². The van der Waals surface area contributed by atoms with E-state index in [0.29, 0.717) is 22.8 Å². The summed E-state index contributed by atoms with van der Waals surface area (Å²) in [6.07, 6.45) is 5.30. The molecule has 0 bridgehead atoms. The molecule has 184 valence electrons. The number of fused-ring (bicyclic) bond motifs is 2. The van der Waals surface area contributed by atoms with Crippen molar-refractivity contribution < 1.29 is 9.47 Å². The molecule has 0 amide bonds. The Morgan fingerprint density at radius 3 is 2.49 bits per heavy atom. The summed E-state index contributed by atoms with van der Waals surface area (Å²) in [5.74, 6) is 1.72. The predicted octanol–water partition coefficient (Wildman–Crippen LogP) is 5.55. The van der Waals surface area contributed by atoms with E-state index < -0.39 is 0 Å². The second kappa shape index (κ2) is 11.1. The zero-order chi connectivity index (χ0) is 23.5. The molecule has 1 aliphatic rings. The van der Waals surface area contributed by atoms with Gasteiger partial charge in [-0.1, -0.05) is 42.5 Å². The molecule has 2 heterocycles. The van der Waals surface area contributed by atoms with Crippen LogP contribution in [0, 0.1) is 5.92 Å². The number of ether oxygens (including phenoxy) is 2. The molecule has 0 saturated carbocycles. The quantitative estimate of drug-likeness (QED) is 0.323. The molecule has 0 spiro atoms. The summed E-state index contributed by atoms with van der Waals surface area (Å²) in [4.78, 5) is 15.7. The number of pyridine rings is 1. The van der Waals surface area contributed by atoms with Crippen molar-refractivity contribution in [3.63, 3.8) is 0 Å². The molecule has 6 heteroatoms. The minimum Gasteiger partial charge on any atom is -0.493 e. The van der Waals surface area contributed by atoms with Gasteiger partial charge in [0, 0.05) is 19.3 Å². The first-order valence-electron chi connectivity index (χ1n) is 12.1. The van der Waals surface area contributed by atoms with Gasteiger partial charge in [-0.3, -0.25) is 4.79 Å². The molecule has 1 fully saturated rings. The number of methoxy groups -OCH3 is 2. The molecule has 0 radical (unpaired) electrons. The average Bonchev–Trinajstić information content (AvgIpc) is 3.32. The van der Waals surface area contributed by atoms with Gasteiger partial charge >= 0.3 is 0 Å². The van der Waals surface area contributed by atoms with Crippen LogP contribution in [0.25, 0.3) is 21.5 Å². The van der Waals surface area contributed by atoms with Crippen LogP contribution in [0.15, 0.2) is 71.7 Å². The maximum atomic E-state index is 13.1. The van der Waals surface area contributed by atoms with E-state index in [1.807, 2.05) is 22.9 Å². The number of halogens is 1. The van der Waals surface area contributed by atoms with Gasteiger partial charge in [-0.2, -0.15) is 0 Å². The van der Waals surface area contributed by atoms with Gasteiger partial charge in [0.15, 0.2) is 11.5 Å². The maximum absolute atomic E-state index is 13.1. The first kappa shape index (κ1) is 25.1. The van der Waals surface area contributed by atoms with E-state index in [-0.39, 0.29) is 18.0 Å². The summed E-state index contributed by atoms with van der Waals surface area (Å²) >= 11 is 0. The van der Waals surface area contributed by atoms with Crippen molar-refractivity contribution in [2.75, 3.05) is 33.9 Å². The summed E-state index contributed by atoms with van der Waals surface area (Å²) < 4.78 is 12.6. The number of nitrogens with zero attached hydrogens (tertiary/aromatic N) is 2. The van der Waals surface area contributed by atoms with Gasteiger partial charge in [0.1, 0.15) is 0 Å². The predicted molar refractivity (Wildman–Crippen MR) is 145 cm³/mol. The summed E-state index contributed by atoms with van der Waals surface area (Å²) in [5, 5.41) is 4.17. The van der Waals surface area contributed by atoms with Crippen LogP contribution in [-0.4, -0.2) is 43.3 Å². The third-order valence-corrected chi connectivity index (χ3v) is 7.06. The highest BCUT2D eigenvalue weighted by Crippen LogP contribution is 2.31. The van der Waals surface area contributed by atoms with Gasteiger partial charge in [-0.15, -0.1) is 12.4 Å². The third kappa shape index (κ3) is 5.47. The van der Waals surface area contributed by atoms with Crippen molar-refractivity contribution in [1.82, 2.24) is 9.47 Å². The Morgan fingerprint density at radius 1 is 0.914 bits per heavy atom. The minimum atomic E-state index is 0. The van der Waals surface area contributed by atoms with Crippen LogP contribution in [0.2, 0.25) is 0 Å². The van der Waals surface area contributed by atoms with Crippen LogP contribution in [0.5, 0.6) is 11.5 Å². The second-order valence-corrected chi connectivity index (χ2v) is 9.31. The topological polar surface area (TPSA) is 43.7 Å². The summed E-state index contributed by atoms with van der Waals surface area (Å²) in [7, 11) is 3.21. The molecular formula is C29H33ClN2O3. The third-order valence-electron chi connectivity index (χ3n) is 7.06. The first-order valence-corrected chi connectivity index (χ1v) is 12.1. The number of hydrogen-bond donors (Lipinski definition) is 0. The lowest BCUT2D eigenvalue weighted by Crippen LogP contribution is -2.27. The molecule has 3 aromatic carbocycles. The normalized spacial score (nSPS) is 15.9. The number of aromatic nitrogens is 1. The smallest absolute Gasteiger partial charge is 0.258 e. The average molecular weight is 493 g/mol. The highest BCUT2D eigenvalue weighted by Gasteiger charge is 2.23. The Hall–Kier alpha value is -3.02. The Labute approximate surface area is 212 Å². The van der Waals surface area contributed by atoms with Crippen LogP contribution in [0.1, 0.15) is 18.4 Å². The van der Waals surface area contributed by atoms with Crippen molar-refractivity contribution in [3.05, 3.63) is 82.8 Å². The van der Waals surface area contributed by atoms with E-state index >= 15 is 0 Å². The Morgan fingerprint density at radius 2 is 1.69 bits per heavy atom. The Balaban J connectivity index is 0.00000289. The number of hydrogen-bond acceptors (Lipinski definition) is 4. The molecule has 1 unspecified atom stereocenters. The molecule has 1 aromatic heterocycles. The molecule has 0 aliphatic carbocycles. The van der Waals surface area contributed by atoms with E-state index in [0.717, 1.165) is 50.8 Å². The van der Waals surface area contributed by atoms with Gasteiger partial charge in [0.25, 0.3) is 5.56 Å². The maximum Gasteiger partial charge on any atom is 0.258 e. The standard InChI is InChI=1S/C29H32N2O3.ClH/c1-33-27-17-25-12-15-31(29(32)26(25)18-28(27)34-2)20-22-11-14-30(19-22)13-5-6-21-9-10-23-7-3-4-8-24(23)16-21;/h3-4,7-10,12,15-18,22H,5-6,11,13-14,19-20H2,1-2H3;1H. The lowest BCUT2D eigenvalue weighted by Gasteiger charge is -2.17. The van der Waals surface area contributed by atoms with E-state index in [1.54, 1.807) is 20.3 Å². The van der Waals surface area contributed by atoms with Crippen LogP contribution in [0.4, 0.5) is 0 Å². The molecular weight excluding hydrogens is 460 g/mol. The number of rotatable bonds is 8. The zero-order valence-electron chi connectivity index (χ0n) is 20.4. The largest absolute Gasteiger partial charge is 0.493 e. The summed E-state index contributed by atoms with van der Waals surface area (Å²) in [5.41, 5.74) is 1.44. The van der Waals surface area contributed by atoms with Crippen LogP contribution < -0.4 is 15.0 Å².